The van der Waals surface area contributed by atoms with E-state index < -0.39 is 16.0 Å². The fourth-order valence-electron chi connectivity index (χ4n) is 2.87. The molecule has 3 aromatic rings. The van der Waals surface area contributed by atoms with Gasteiger partial charge in [-0.15, -0.1) is 0 Å². The predicted molar refractivity (Wildman–Crippen MR) is 103 cm³/mol. The van der Waals surface area contributed by atoms with Crippen molar-refractivity contribution in [1.82, 2.24) is 0 Å². The normalized spacial score (nSPS) is 11.2. The molecule has 0 saturated heterocycles. The van der Waals surface area contributed by atoms with E-state index in [1.54, 1.807) is 26.0 Å². The van der Waals surface area contributed by atoms with E-state index in [1.165, 1.54) is 6.07 Å². The van der Waals surface area contributed by atoms with E-state index in [4.69, 9.17) is 0 Å². The number of hydrogen-bond acceptors (Lipinski definition) is 4. The maximum atomic E-state index is 13.0. The zero-order valence-electron chi connectivity index (χ0n) is 14.9. The molecule has 138 valence electrons. The largest absolute Gasteiger partial charge is 0.545 e. The number of aromatic carboxylic acids is 1. The van der Waals surface area contributed by atoms with Gasteiger partial charge in [0.1, 0.15) is 0 Å². The van der Waals surface area contributed by atoms with Crippen LogP contribution in [0.4, 0.5) is 5.69 Å². The first kappa shape index (κ1) is 18.7. The summed E-state index contributed by atoms with van der Waals surface area (Å²) in [7, 11) is -3.99. The molecule has 0 radical (unpaired) electrons. The van der Waals surface area contributed by atoms with Crippen LogP contribution in [0.2, 0.25) is 0 Å². The van der Waals surface area contributed by atoms with Gasteiger partial charge in [0.25, 0.3) is 10.0 Å². The first-order valence-electron chi connectivity index (χ1n) is 8.29. The number of para-hydroxylation sites is 1. The Balaban J connectivity index is 2.09. The molecular weight excluding hydrogens is 362 g/mol. The SMILES string of the molecule is Cc1cc(C(=O)[O-])cc(S(=O)(=O)Nc2ccccc2-c2ccccc2)c1C. The topological polar surface area (TPSA) is 86.3 Å². The van der Waals surface area contributed by atoms with Crippen LogP contribution >= 0.6 is 0 Å². The molecule has 1 N–H and O–H groups in total. The van der Waals surface area contributed by atoms with Gasteiger partial charge in [-0.2, -0.15) is 0 Å². The van der Waals surface area contributed by atoms with Gasteiger partial charge in [0.2, 0.25) is 0 Å². The highest BCUT2D eigenvalue weighted by atomic mass is 32.2. The monoisotopic (exact) mass is 380 g/mol. The first-order chi connectivity index (χ1) is 12.8. The van der Waals surface area contributed by atoms with Gasteiger partial charge in [-0.3, -0.25) is 4.72 Å². The summed E-state index contributed by atoms with van der Waals surface area (Å²) in [6.45, 7) is 3.31. The van der Waals surface area contributed by atoms with Gasteiger partial charge < -0.3 is 9.90 Å². The highest BCUT2D eigenvalue weighted by Gasteiger charge is 2.21. The van der Waals surface area contributed by atoms with Crippen LogP contribution < -0.4 is 9.83 Å². The molecule has 0 aromatic heterocycles. The number of nitrogens with one attached hydrogen (secondary N) is 1. The summed E-state index contributed by atoms with van der Waals surface area (Å²) in [6.07, 6.45) is 0. The van der Waals surface area contributed by atoms with E-state index in [2.05, 4.69) is 4.72 Å². The van der Waals surface area contributed by atoms with Crippen LogP contribution in [0, 0.1) is 13.8 Å². The molecule has 27 heavy (non-hydrogen) atoms. The number of carboxylic acid groups (broad SMARTS) is 1. The second-order valence-corrected chi connectivity index (χ2v) is 7.87. The third-order valence-corrected chi connectivity index (χ3v) is 5.89. The average molecular weight is 380 g/mol. The van der Waals surface area contributed by atoms with E-state index in [1.807, 2.05) is 42.5 Å². The number of sulfonamides is 1. The molecule has 0 aliphatic rings. The fraction of sp³-hybridized carbons (Fsp3) is 0.0952. The molecule has 5 nitrogen and oxygen atoms in total. The molecule has 0 bridgehead atoms. The molecule has 0 heterocycles. The van der Waals surface area contributed by atoms with Crippen molar-refractivity contribution in [2.75, 3.05) is 4.72 Å². The molecule has 0 aliphatic heterocycles. The lowest BCUT2D eigenvalue weighted by molar-refractivity contribution is -0.255. The summed E-state index contributed by atoms with van der Waals surface area (Å²) in [6, 6.07) is 19.0. The third kappa shape index (κ3) is 3.85. The van der Waals surface area contributed by atoms with Gasteiger partial charge in [-0.1, -0.05) is 48.5 Å². The molecule has 0 aliphatic carbocycles. The summed E-state index contributed by atoms with van der Waals surface area (Å²) in [4.78, 5) is 11.1. The van der Waals surface area contributed by atoms with Crippen molar-refractivity contribution in [1.29, 1.82) is 0 Å². The molecular formula is C21H18NO4S-. The fourth-order valence-corrected chi connectivity index (χ4v) is 4.29. The third-order valence-electron chi connectivity index (χ3n) is 4.40. The van der Waals surface area contributed by atoms with Gasteiger partial charge in [-0.05, 0) is 54.3 Å². The Hall–Kier alpha value is -3.12. The van der Waals surface area contributed by atoms with Gasteiger partial charge >= 0.3 is 0 Å². The van der Waals surface area contributed by atoms with Crippen molar-refractivity contribution in [2.24, 2.45) is 0 Å². The van der Waals surface area contributed by atoms with E-state index in [-0.39, 0.29) is 10.5 Å². The summed E-state index contributed by atoms with van der Waals surface area (Å²) in [5.41, 5.74) is 2.90. The number of aryl methyl sites for hydroxylation is 1. The van der Waals surface area contributed by atoms with E-state index in [9.17, 15) is 18.3 Å². The van der Waals surface area contributed by atoms with Crippen LogP contribution in [0.15, 0.2) is 71.6 Å². The first-order valence-corrected chi connectivity index (χ1v) is 9.78. The van der Waals surface area contributed by atoms with Crippen molar-refractivity contribution >= 4 is 21.7 Å². The van der Waals surface area contributed by atoms with Gasteiger partial charge in [0, 0.05) is 5.56 Å². The Kier molecular flexibility index (Phi) is 5.01. The van der Waals surface area contributed by atoms with Crippen LogP contribution in [-0.2, 0) is 10.0 Å². The van der Waals surface area contributed by atoms with Crippen molar-refractivity contribution in [3.63, 3.8) is 0 Å². The molecule has 3 rings (SSSR count). The molecule has 0 unspecified atom stereocenters. The number of carbonyl (C=O) groups excluding carboxylic acids is 1. The van der Waals surface area contributed by atoms with E-state index >= 15 is 0 Å². The lowest BCUT2D eigenvalue weighted by atomic mass is 10.0. The lowest BCUT2D eigenvalue weighted by Crippen LogP contribution is -2.24. The van der Waals surface area contributed by atoms with Crippen LogP contribution in [-0.4, -0.2) is 14.4 Å². The van der Waals surface area contributed by atoms with Gasteiger partial charge in [-0.25, -0.2) is 8.42 Å². The molecule has 6 heteroatoms. The Morgan fingerprint density at radius 2 is 1.56 bits per heavy atom. The maximum absolute atomic E-state index is 13.0. The molecule has 0 spiro atoms. The zero-order chi connectivity index (χ0) is 19.6. The van der Waals surface area contributed by atoms with Gasteiger partial charge in [0.05, 0.1) is 16.6 Å². The lowest BCUT2D eigenvalue weighted by Gasteiger charge is -2.16. The predicted octanol–water partition coefficient (Wildman–Crippen LogP) is 3.13. The molecule has 0 saturated carbocycles. The standard InChI is InChI=1S/C21H19NO4S/c1-14-12-17(21(23)24)13-20(15(14)2)27(25,26)22-19-11-7-6-10-18(19)16-8-4-3-5-9-16/h3-13,22H,1-2H3,(H,23,24)/p-1. The van der Waals surface area contributed by atoms with Crippen LogP contribution in [0.3, 0.4) is 0 Å². The highest BCUT2D eigenvalue weighted by molar-refractivity contribution is 7.92. The number of rotatable bonds is 5. The quantitative estimate of drug-likeness (QED) is 0.737. The van der Waals surface area contributed by atoms with Crippen LogP contribution in [0.25, 0.3) is 11.1 Å². The average Bonchev–Trinajstić information content (AvgIpc) is 2.64. The Morgan fingerprint density at radius 1 is 0.926 bits per heavy atom. The summed E-state index contributed by atoms with van der Waals surface area (Å²) >= 11 is 0. The van der Waals surface area contributed by atoms with Gasteiger partial charge in [0.15, 0.2) is 0 Å². The van der Waals surface area contributed by atoms with E-state index in [0.717, 1.165) is 17.2 Å². The number of anilines is 1. The second kappa shape index (κ2) is 7.25. The highest BCUT2D eigenvalue weighted by Crippen LogP contribution is 2.30. The molecule has 0 atom stereocenters. The summed E-state index contributed by atoms with van der Waals surface area (Å²) in [5.74, 6) is -1.42. The smallest absolute Gasteiger partial charge is 0.262 e. The van der Waals surface area contributed by atoms with Crippen molar-refractivity contribution in [2.45, 2.75) is 18.7 Å². The number of hydrogen-bond donors (Lipinski definition) is 1. The summed E-state index contributed by atoms with van der Waals surface area (Å²) < 4.78 is 28.6. The number of carboxylic acids is 1. The maximum Gasteiger partial charge on any atom is 0.262 e. The van der Waals surface area contributed by atoms with Crippen LogP contribution in [0.1, 0.15) is 21.5 Å². The molecule has 0 amide bonds. The Bertz CT molecular complexity index is 1110. The minimum Gasteiger partial charge on any atom is -0.545 e. The minimum atomic E-state index is -3.99. The zero-order valence-corrected chi connectivity index (χ0v) is 15.7. The number of carbonyl (C=O) groups is 1. The second-order valence-electron chi connectivity index (χ2n) is 6.22. The Morgan fingerprint density at radius 3 is 2.22 bits per heavy atom. The summed E-state index contributed by atoms with van der Waals surface area (Å²) in [5, 5.41) is 11.2. The molecule has 3 aromatic carbocycles. The number of benzene rings is 3. The Labute approximate surface area is 158 Å². The van der Waals surface area contributed by atoms with Crippen molar-refractivity contribution < 1.29 is 18.3 Å². The van der Waals surface area contributed by atoms with Crippen molar-refractivity contribution in [3.05, 3.63) is 83.4 Å². The van der Waals surface area contributed by atoms with Crippen LogP contribution in [0.5, 0.6) is 0 Å². The molecule has 0 fully saturated rings. The van der Waals surface area contributed by atoms with Crippen molar-refractivity contribution in [3.8, 4) is 11.1 Å². The minimum absolute atomic E-state index is 0.0791. The van der Waals surface area contributed by atoms with E-state index in [0.29, 0.717) is 16.8 Å².